The highest BCUT2D eigenvalue weighted by Gasteiger charge is 2.14. The highest BCUT2D eigenvalue weighted by molar-refractivity contribution is 5.48. The maximum absolute atomic E-state index is 12.2. The number of hydrogen-bond donors (Lipinski definition) is 1. The second kappa shape index (κ2) is 6.48. The predicted octanol–water partition coefficient (Wildman–Crippen LogP) is 0.394. The zero-order chi connectivity index (χ0) is 17.3. The molecular formula is C16H23N7O. The van der Waals surface area contributed by atoms with Crippen molar-refractivity contribution in [1.29, 1.82) is 0 Å². The van der Waals surface area contributed by atoms with Gasteiger partial charge < -0.3 is 10.2 Å². The molecule has 0 amide bonds. The van der Waals surface area contributed by atoms with E-state index >= 15 is 0 Å². The van der Waals surface area contributed by atoms with Crippen LogP contribution in [0.5, 0.6) is 0 Å². The molecule has 3 rings (SSSR count). The molecular weight excluding hydrogens is 306 g/mol. The summed E-state index contributed by atoms with van der Waals surface area (Å²) in [5.41, 5.74) is 2.74. The predicted molar refractivity (Wildman–Crippen MR) is 93.4 cm³/mol. The number of aryl methyl sites for hydroxylation is 2. The molecule has 0 atom stereocenters. The third-order valence-electron chi connectivity index (χ3n) is 4.03. The van der Waals surface area contributed by atoms with Crippen LogP contribution in [0.15, 0.2) is 29.2 Å². The molecule has 0 saturated heterocycles. The Morgan fingerprint density at radius 2 is 2.04 bits per heavy atom. The van der Waals surface area contributed by atoms with Gasteiger partial charge in [-0.2, -0.15) is 5.10 Å². The molecule has 3 heterocycles. The summed E-state index contributed by atoms with van der Waals surface area (Å²) >= 11 is 0. The number of anilines is 1. The highest BCUT2D eigenvalue weighted by Crippen LogP contribution is 2.20. The van der Waals surface area contributed by atoms with E-state index in [-0.39, 0.29) is 5.69 Å². The SMILES string of the molecule is Cc1nn(C)c(N(C)C)c1CNCCn1nc2ccccn2c1=O. The second-order valence-electron chi connectivity index (χ2n) is 6.02. The summed E-state index contributed by atoms with van der Waals surface area (Å²) in [6.45, 7) is 3.90. The van der Waals surface area contributed by atoms with Gasteiger partial charge >= 0.3 is 5.69 Å². The van der Waals surface area contributed by atoms with Crippen LogP contribution in [0.1, 0.15) is 11.3 Å². The van der Waals surface area contributed by atoms with E-state index in [1.807, 2.05) is 50.9 Å². The topological polar surface area (TPSA) is 72.4 Å². The van der Waals surface area contributed by atoms with Crippen molar-refractivity contribution in [2.24, 2.45) is 7.05 Å². The molecule has 8 nitrogen and oxygen atoms in total. The van der Waals surface area contributed by atoms with Crippen LogP contribution in [0, 0.1) is 6.92 Å². The van der Waals surface area contributed by atoms with Crippen molar-refractivity contribution < 1.29 is 0 Å². The summed E-state index contributed by atoms with van der Waals surface area (Å²) in [5.74, 6) is 1.09. The Hall–Kier alpha value is -2.61. The highest BCUT2D eigenvalue weighted by atomic mass is 16.2. The molecule has 0 aromatic carbocycles. The first-order valence-corrected chi connectivity index (χ1v) is 7.93. The average molecular weight is 329 g/mol. The fourth-order valence-corrected chi connectivity index (χ4v) is 2.97. The van der Waals surface area contributed by atoms with E-state index < -0.39 is 0 Å². The monoisotopic (exact) mass is 329 g/mol. The molecule has 3 aromatic heterocycles. The molecule has 128 valence electrons. The first-order chi connectivity index (χ1) is 11.5. The molecule has 1 N–H and O–H groups in total. The van der Waals surface area contributed by atoms with Gasteiger partial charge in [0.1, 0.15) is 5.82 Å². The van der Waals surface area contributed by atoms with Crippen LogP contribution in [0.4, 0.5) is 5.82 Å². The van der Waals surface area contributed by atoms with E-state index in [1.165, 1.54) is 10.2 Å². The summed E-state index contributed by atoms with van der Waals surface area (Å²) in [5, 5.41) is 12.2. The molecule has 0 saturated carbocycles. The Labute approximate surface area is 140 Å². The molecule has 8 heteroatoms. The largest absolute Gasteiger partial charge is 0.363 e. The molecule has 0 aliphatic heterocycles. The van der Waals surface area contributed by atoms with Crippen molar-refractivity contribution in [3.8, 4) is 0 Å². The van der Waals surface area contributed by atoms with Gasteiger partial charge in [-0.3, -0.25) is 9.08 Å². The minimum atomic E-state index is -0.112. The van der Waals surface area contributed by atoms with Gasteiger partial charge in [-0.1, -0.05) is 6.07 Å². The number of pyridine rings is 1. The van der Waals surface area contributed by atoms with Crippen LogP contribution in [-0.2, 0) is 20.1 Å². The molecule has 3 aromatic rings. The molecule has 0 fully saturated rings. The number of rotatable bonds is 6. The maximum atomic E-state index is 12.2. The third kappa shape index (κ3) is 2.92. The third-order valence-corrected chi connectivity index (χ3v) is 4.03. The lowest BCUT2D eigenvalue weighted by molar-refractivity contribution is 0.540. The van der Waals surface area contributed by atoms with Crippen molar-refractivity contribution in [3.63, 3.8) is 0 Å². The van der Waals surface area contributed by atoms with Gasteiger partial charge in [-0.05, 0) is 19.1 Å². The van der Waals surface area contributed by atoms with E-state index in [9.17, 15) is 4.79 Å². The van der Waals surface area contributed by atoms with E-state index in [4.69, 9.17) is 0 Å². The van der Waals surface area contributed by atoms with Gasteiger partial charge in [-0.25, -0.2) is 9.48 Å². The standard InChI is InChI=1S/C16H23N7O/c1-12-13(15(20(2)3)21(4)18-12)11-17-8-10-23-16(24)22-9-6-5-7-14(22)19-23/h5-7,9,17H,8,10-11H2,1-4H3. The Morgan fingerprint density at radius 1 is 1.25 bits per heavy atom. The van der Waals surface area contributed by atoms with Crippen molar-refractivity contribution >= 4 is 11.5 Å². The van der Waals surface area contributed by atoms with E-state index in [0.29, 0.717) is 25.3 Å². The Morgan fingerprint density at radius 3 is 2.75 bits per heavy atom. The number of hydrogen-bond acceptors (Lipinski definition) is 5. The average Bonchev–Trinajstić information content (AvgIpc) is 3.01. The summed E-state index contributed by atoms with van der Waals surface area (Å²) < 4.78 is 4.93. The zero-order valence-electron chi connectivity index (χ0n) is 14.5. The molecule has 0 unspecified atom stereocenters. The molecule has 0 bridgehead atoms. The minimum absolute atomic E-state index is 0.112. The zero-order valence-corrected chi connectivity index (χ0v) is 14.5. The van der Waals surface area contributed by atoms with Gasteiger partial charge in [0.05, 0.1) is 12.2 Å². The van der Waals surface area contributed by atoms with Gasteiger partial charge in [0, 0.05) is 46.0 Å². The van der Waals surface area contributed by atoms with Crippen molar-refractivity contribution in [1.82, 2.24) is 29.3 Å². The lowest BCUT2D eigenvalue weighted by Gasteiger charge is -2.15. The van der Waals surface area contributed by atoms with Gasteiger partial charge in [0.25, 0.3) is 0 Å². The lowest BCUT2D eigenvalue weighted by atomic mass is 10.2. The maximum Gasteiger partial charge on any atom is 0.350 e. The van der Waals surface area contributed by atoms with Crippen molar-refractivity contribution in [3.05, 3.63) is 46.1 Å². The van der Waals surface area contributed by atoms with Crippen molar-refractivity contribution in [2.45, 2.75) is 20.0 Å². The minimum Gasteiger partial charge on any atom is -0.363 e. The van der Waals surface area contributed by atoms with Gasteiger partial charge in [0.2, 0.25) is 0 Å². The smallest absolute Gasteiger partial charge is 0.350 e. The van der Waals surface area contributed by atoms with Crippen LogP contribution in [0.25, 0.3) is 5.65 Å². The number of aromatic nitrogens is 5. The van der Waals surface area contributed by atoms with Crippen LogP contribution in [0.3, 0.4) is 0 Å². The van der Waals surface area contributed by atoms with E-state index in [2.05, 4.69) is 20.4 Å². The van der Waals surface area contributed by atoms with Gasteiger partial charge in [-0.15, -0.1) is 5.10 Å². The van der Waals surface area contributed by atoms with Crippen LogP contribution < -0.4 is 15.9 Å². The van der Waals surface area contributed by atoms with Gasteiger partial charge in [0.15, 0.2) is 5.65 Å². The van der Waals surface area contributed by atoms with Crippen LogP contribution in [-0.4, -0.2) is 44.6 Å². The Balaban J connectivity index is 1.65. The molecule has 0 spiro atoms. The first-order valence-electron chi connectivity index (χ1n) is 7.93. The fourth-order valence-electron chi connectivity index (χ4n) is 2.97. The molecule has 0 aliphatic carbocycles. The summed E-state index contributed by atoms with van der Waals surface area (Å²) in [6, 6.07) is 5.53. The number of nitrogens with zero attached hydrogens (tertiary/aromatic N) is 6. The molecule has 0 radical (unpaired) electrons. The fraction of sp³-hybridized carbons (Fsp3) is 0.438. The number of fused-ring (bicyclic) bond motifs is 1. The number of nitrogens with one attached hydrogen (secondary N) is 1. The normalized spacial score (nSPS) is 11.3. The van der Waals surface area contributed by atoms with E-state index in [0.717, 1.165) is 11.5 Å². The van der Waals surface area contributed by atoms with Crippen molar-refractivity contribution in [2.75, 3.05) is 25.5 Å². The van der Waals surface area contributed by atoms with E-state index in [1.54, 1.807) is 10.6 Å². The first kappa shape index (κ1) is 16.3. The summed E-state index contributed by atoms with van der Waals surface area (Å²) in [6.07, 6.45) is 1.73. The molecule has 0 aliphatic rings. The van der Waals surface area contributed by atoms with Crippen LogP contribution in [0.2, 0.25) is 0 Å². The second-order valence-corrected chi connectivity index (χ2v) is 6.02. The molecule has 24 heavy (non-hydrogen) atoms. The quantitative estimate of drug-likeness (QED) is 0.663. The lowest BCUT2D eigenvalue weighted by Crippen LogP contribution is -2.28. The summed E-state index contributed by atoms with van der Waals surface area (Å²) in [7, 11) is 5.97. The van der Waals surface area contributed by atoms with Crippen LogP contribution >= 0.6 is 0 Å². The Bertz CT molecular complexity index is 903. The summed E-state index contributed by atoms with van der Waals surface area (Å²) in [4.78, 5) is 14.3. The Kier molecular flexibility index (Phi) is 4.39.